The molecule has 0 unspecified atom stereocenters. The van der Waals surface area contributed by atoms with Gasteiger partial charge in [0.15, 0.2) is 0 Å². The monoisotopic (exact) mass is 403 g/mol. The molecule has 0 fully saturated rings. The number of rotatable bonds is 6. The number of carbonyl (C=O) groups excluding carboxylic acids is 1. The van der Waals surface area contributed by atoms with Crippen molar-refractivity contribution in [3.63, 3.8) is 0 Å². The predicted molar refractivity (Wildman–Crippen MR) is 111 cm³/mol. The van der Waals surface area contributed by atoms with Gasteiger partial charge in [0, 0.05) is 24.2 Å². The molecule has 0 bridgehead atoms. The lowest BCUT2D eigenvalue weighted by Crippen LogP contribution is -2.30. The molecule has 0 saturated heterocycles. The van der Waals surface area contributed by atoms with Crippen LogP contribution in [0, 0.1) is 13.8 Å². The highest BCUT2D eigenvalue weighted by molar-refractivity contribution is 5.89. The van der Waals surface area contributed by atoms with Gasteiger partial charge in [-0.1, -0.05) is 23.8 Å². The van der Waals surface area contributed by atoms with Crippen molar-refractivity contribution >= 4 is 11.7 Å². The molecule has 0 aliphatic heterocycles. The number of hydrogen-bond acceptors (Lipinski definition) is 6. The summed E-state index contributed by atoms with van der Waals surface area (Å²) in [6, 6.07) is 13.2. The van der Waals surface area contributed by atoms with Crippen molar-refractivity contribution in [1.29, 1.82) is 0 Å². The van der Waals surface area contributed by atoms with Crippen LogP contribution < -0.4 is 10.6 Å². The molecule has 2 amide bonds. The first-order valence-electron chi connectivity index (χ1n) is 9.49. The zero-order valence-electron chi connectivity index (χ0n) is 16.7. The van der Waals surface area contributed by atoms with Crippen LogP contribution in [0.2, 0.25) is 0 Å². The summed E-state index contributed by atoms with van der Waals surface area (Å²) in [5, 5.41) is 16.8. The first kappa shape index (κ1) is 19.3. The molecular weight excluding hydrogens is 382 g/mol. The maximum Gasteiger partial charge on any atom is 0.319 e. The molecule has 9 nitrogen and oxygen atoms in total. The largest absolute Gasteiger partial charge is 0.444 e. The van der Waals surface area contributed by atoms with Crippen molar-refractivity contribution in [1.82, 2.24) is 30.5 Å². The van der Waals surface area contributed by atoms with E-state index in [4.69, 9.17) is 4.42 Å². The Balaban J connectivity index is 1.31. The molecule has 0 atom stereocenters. The number of aromatic nitrogens is 5. The van der Waals surface area contributed by atoms with Gasteiger partial charge < -0.3 is 15.1 Å². The minimum absolute atomic E-state index is 0.302. The van der Waals surface area contributed by atoms with Gasteiger partial charge in [0.25, 0.3) is 0 Å². The third-order valence-electron chi connectivity index (χ3n) is 4.58. The van der Waals surface area contributed by atoms with E-state index in [1.807, 2.05) is 56.3 Å². The predicted octanol–water partition coefficient (Wildman–Crippen LogP) is 3.30. The topological polar surface area (TPSA) is 111 Å². The van der Waals surface area contributed by atoms with E-state index in [0.29, 0.717) is 24.5 Å². The number of amides is 2. The quantitative estimate of drug-likeness (QED) is 0.511. The molecule has 9 heteroatoms. The van der Waals surface area contributed by atoms with Crippen LogP contribution in [0.15, 0.2) is 59.5 Å². The molecule has 4 rings (SSSR count). The van der Waals surface area contributed by atoms with Crippen molar-refractivity contribution < 1.29 is 9.21 Å². The van der Waals surface area contributed by atoms with Gasteiger partial charge in [-0.05, 0) is 54.1 Å². The summed E-state index contributed by atoms with van der Waals surface area (Å²) in [7, 11) is 0. The van der Waals surface area contributed by atoms with Crippen LogP contribution in [-0.4, -0.2) is 37.8 Å². The summed E-state index contributed by atoms with van der Waals surface area (Å²) < 4.78 is 7.10. The van der Waals surface area contributed by atoms with Gasteiger partial charge in [0.2, 0.25) is 5.89 Å². The number of anilines is 1. The van der Waals surface area contributed by atoms with Crippen LogP contribution in [0.25, 0.3) is 17.1 Å². The maximum atomic E-state index is 12.2. The van der Waals surface area contributed by atoms with Crippen LogP contribution in [0.3, 0.4) is 0 Å². The van der Waals surface area contributed by atoms with Gasteiger partial charge in [-0.15, -0.1) is 5.10 Å². The Bertz CT molecular complexity index is 1130. The molecule has 0 aliphatic carbocycles. The van der Waals surface area contributed by atoms with Gasteiger partial charge in [-0.3, -0.25) is 0 Å². The molecule has 152 valence electrons. The molecular formula is C21H21N7O2. The second-order valence-electron chi connectivity index (χ2n) is 6.90. The lowest BCUT2D eigenvalue weighted by Gasteiger charge is -2.10. The molecule has 2 aromatic carbocycles. The van der Waals surface area contributed by atoms with Crippen LogP contribution >= 0.6 is 0 Å². The standard InChI is InChI=1S/C21H21N7O2/c1-14-3-6-16(7-4-14)20-24-18(12-30-20)9-10-22-21(29)25-17-8-5-15(2)19(11-17)28-13-23-26-27-28/h3-8,11-13H,9-10H2,1-2H3,(H2,22,25,29). The van der Waals surface area contributed by atoms with Crippen LogP contribution in [0.5, 0.6) is 0 Å². The van der Waals surface area contributed by atoms with Gasteiger partial charge in [-0.25, -0.2) is 14.5 Å². The fourth-order valence-electron chi connectivity index (χ4n) is 2.94. The number of benzene rings is 2. The number of nitrogens with zero attached hydrogens (tertiary/aromatic N) is 5. The van der Waals surface area contributed by atoms with E-state index in [9.17, 15) is 4.79 Å². The third kappa shape index (κ3) is 4.52. The van der Waals surface area contributed by atoms with Crippen molar-refractivity contribution in [2.24, 2.45) is 0 Å². The second-order valence-corrected chi connectivity index (χ2v) is 6.90. The number of nitrogens with one attached hydrogen (secondary N) is 2. The Hall–Kier alpha value is -4.01. The summed E-state index contributed by atoms with van der Waals surface area (Å²) in [5.41, 5.74) is 5.32. The van der Waals surface area contributed by atoms with Crippen LogP contribution in [0.4, 0.5) is 10.5 Å². The number of urea groups is 1. The summed E-state index contributed by atoms with van der Waals surface area (Å²) in [5.74, 6) is 0.573. The Kier molecular flexibility index (Phi) is 5.51. The highest BCUT2D eigenvalue weighted by atomic mass is 16.3. The molecule has 0 spiro atoms. The van der Waals surface area contributed by atoms with Crippen molar-refractivity contribution in [2.75, 3.05) is 11.9 Å². The molecule has 0 saturated carbocycles. The number of carbonyl (C=O) groups is 1. The molecule has 2 aromatic heterocycles. The lowest BCUT2D eigenvalue weighted by molar-refractivity contribution is 0.252. The Morgan fingerprint density at radius 2 is 1.97 bits per heavy atom. The van der Waals surface area contributed by atoms with E-state index >= 15 is 0 Å². The lowest BCUT2D eigenvalue weighted by atomic mass is 10.1. The van der Waals surface area contributed by atoms with Gasteiger partial charge in [-0.2, -0.15) is 0 Å². The van der Waals surface area contributed by atoms with E-state index < -0.39 is 0 Å². The van der Waals surface area contributed by atoms with E-state index in [1.165, 1.54) is 11.9 Å². The first-order chi connectivity index (χ1) is 14.6. The van der Waals surface area contributed by atoms with Gasteiger partial charge in [0.1, 0.15) is 12.6 Å². The number of hydrogen-bond donors (Lipinski definition) is 2. The fraction of sp³-hybridized carbons (Fsp3) is 0.190. The van der Waals surface area contributed by atoms with E-state index in [-0.39, 0.29) is 6.03 Å². The zero-order valence-corrected chi connectivity index (χ0v) is 16.7. The maximum absolute atomic E-state index is 12.2. The molecule has 2 heterocycles. The first-order valence-corrected chi connectivity index (χ1v) is 9.49. The number of oxazole rings is 1. The average molecular weight is 403 g/mol. The van der Waals surface area contributed by atoms with Crippen molar-refractivity contribution in [2.45, 2.75) is 20.3 Å². The van der Waals surface area contributed by atoms with Crippen LogP contribution in [0.1, 0.15) is 16.8 Å². The fourth-order valence-corrected chi connectivity index (χ4v) is 2.94. The number of tetrazole rings is 1. The highest BCUT2D eigenvalue weighted by Gasteiger charge is 2.09. The summed E-state index contributed by atoms with van der Waals surface area (Å²) in [6.07, 6.45) is 3.69. The molecule has 0 aliphatic rings. The molecule has 30 heavy (non-hydrogen) atoms. The van der Waals surface area contributed by atoms with Crippen LogP contribution in [-0.2, 0) is 6.42 Å². The van der Waals surface area contributed by atoms with Gasteiger partial charge >= 0.3 is 6.03 Å². The summed E-state index contributed by atoms with van der Waals surface area (Å²) >= 11 is 0. The molecule has 4 aromatic rings. The normalized spacial score (nSPS) is 10.7. The minimum Gasteiger partial charge on any atom is -0.444 e. The van der Waals surface area contributed by atoms with E-state index in [0.717, 1.165) is 22.5 Å². The SMILES string of the molecule is Cc1ccc(-c2nc(CCNC(=O)Nc3ccc(C)c(-n4cnnn4)c3)co2)cc1. The van der Waals surface area contributed by atoms with E-state index in [1.54, 1.807) is 10.9 Å². The zero-order chi connectivity index (χ0) is 20.9. The van der Waals surface area contributed by atoms with Crippen molar-refractivity contribution in [3.05, 3.63) is 71.9 Å². The Morgan fingerprint density at radius 3 is 2.73 bits per heavy atom. The van der Waals surface area contributed by atoms with E-state index in [2.05, 4.69) is 31.1 Å². The summed E-state index contributed by atoms with van der Waals surface area (Å²) in [6.45, 7) is 4.41. The minimum atomic E-state index is -0.302. The summed E-state index contributed by atoms with van der Waals surface area (Å²) in [4.78, 5) is 16.7. The van der Waals surface area contributed by atoms with Gasteiger partial charge in [0.05, 0.1) is 11.4 Å². The Morgan fingerprint density at radius 1 is 1.13 bits per heavy atom. The third-order valence-corrected chi connectivity index (χ3v) is 4.58. The smallest absolute Gasteiger partial charge is 0.319 e. The van der Waals surface area contributed by atoms with Crippen molar-refractivity contribution in [3.8, 4) is 17.1 Å². The molecule has 0 radical (unpaired) electrons. The second kappa shape index (κ2) is 8.56. The Labute approximate surface area is 173 Å². The number of aryl methyl sites for hydroxylation is 2. The average Bonchev–Trinajstić information content (AvgIpc) is 3.42. The molecule has 2 N–H and O–H groups in total. The highest BCUT2D eigenvalue weighted by Crippen LogP contribution is 2.20.